The lowest BCUT2D eigenvalue weighted by Crippen LogP contribution is -2.52. The van der Waals surface area contributed by atoms with Gasteiger partial charge in [0.15, 0.2) is 0 Å². The second-order valence-electron chi connectivity index (χ2n) is 7.78. The van der Waals surface area contributed by atoms with Crippen molar-refractivity contribution in [1.29, 1.82) is 0 Å². The number of hydrogen-bond donors (Lipinski definition) is 1. The maximum atomic E-state index is 12.6. The molecule has 0 radical (unpaired) electrons. The van der Waals surface area contributed by atoms with Crippen LogP contribution in [-0.4, -0.2) is 73.6 Å². The molecule has 0 saturated carbocycles. The Hall–Kier alpha value is -1.86. The van der Waals surface area contributed by atoms with Crippen LogP contribution in [-0.2, 0) is 9.53 Å². The van der Waals surface area contributed by atoms with Gasteiger partial charge in [-0.05, 0) is 24.8 Å². The second kappa shape index (κ2) is 9.37. The fourth-order valence-electron chi connectivity index (χ4n) is 3.96. The zero-order valence-corrected chi connectivity index (χ0v) is 16.4. The number of hydrogen-bond acceptors (Lipinski definition) is 5. The highest BCUT2D eigenvalue weighted by atomic mass is 16.5. The van der Waals surface area contributed by atoms with Crippen molar-refractivity contribution in [3.05, 3.63) is 24.2 Å². The van der Waals surface area contributed by atoms with Gasteiger partial charge in [0.1, 0.15) is 6.26 Å². The molecular formula is C20H31N3O4. The SMILES string of the molecule is CC(C)C(CNC(=O)C1CCN(C(=O)c2ccoc2)CC1)N1CCOCC1. The van der Waals surface area contributed by atoms with Crippen LogP contribution in [0.3, 0.4) is 0 Å². The van der Waals surface area contributed by atoms with Crippen LogP contribution in [0.2, 0.25) is 0 Å². The van der Waals surface area contributed by atoms with Gasteiger partial charge in [-0.1, -0.05) is 13.8 Å². The molecule has 0 spiro atoms. The summed E-state index contributed by atoms with van der Waals surface area (Å²) >= 11 is 0. The summed E-state index contributed by atoms with van der Waals surface area (Å²) in [5, 5.41) is 3.16. The molecule has 0 aromatic carbocycles. The van der Waals surface area contributed by atoms with Crippen molar-refractivity contribution in [2.24, 2.45) is 11.8 Å². The Balaban J connectivity index is 1.45. The van der Waals surface area contributed by atoms with Crippen molar-refractivity contribution in [2.75, 3.05) is 45.9 Å². The molecule has 2 aliphatic rings. The standard InChI is InChI=1S/C20H31N3O4/c1-15(2)18(22-8-11-26-12-9-22)13-21-19(24)16-3-6-23(7-4-16)20(25)17-5-10-27-14-17/h5,10,14-16,18H,3-4,6-9,11-13H2,1-2H3,(H,21,24). The molecule has 150 valence electrons. The summed E-state index contributed by atoms with van der Waals surface area (Å²) < 4.78 is 10.4. The Kier molecular flexibility index (Phi) is 6.90. The van der Waals surface area contributed by atoms with E-state index in [0.29, 0.717) is 50.0 Å². The summed E-state index contributed by atoms with van der Waals surface area (Å²) in [6.07, 6.45) is 4.39. The molecule has 2 saturated heterocycles. The van der Waals surface area contributed by atoms with Crippen LogP contribution in [0.25, 0.3) is 0 Å². The van der Waals surface area contributed by atoms with E-state index >= 15 is 0 Å². The Bertz CT molecular complexity index is 603. The summed E-state index contributed by atoms with van der Waals surface area (Å²) in [5.41, 5.74) is 0.572. The number of carbonyl (C=O) groups excluding carboxylic acids is 2. The Labute approximate surface area is 161 Å². The van der Waals surface area contributed by atoms with Gasteiger partial charge in [0.25, 0.3) is 5.91 Å². The van der Waals surface area contributed by atoms with Gasteiger partial charge < -0.3 is 19.4 Å². The van der Waals surface area contributed by atoms with Crippen molar-refractivity contribution in [2.45, 2.75) is 32.7 Å². The maximum absolute atomic E-state index is 12.6. The molecule has 7 nitrogen and oxygen atoms in total. The third kappa shape index (κ3) is 5.11. The van der Waals surface area contributed by atoms with Gasteiger partial charge >= 0.3 is 0 Å². The van der Waals surface area contributed by atoms with Crippen LogP contribution in [0.4, 0.5) is 0 Å². The molecule has 1 N–H and O–H groups in total. The molecule has 0 bridgehead atoms. The van der Waals surface area contributed by atoms with Gasteiger partial charge in [0.2, 0.25) is 5.91 Å². The molecule has 7 heteroatoms. The van der Waals surface area contributed by atoms with Crippen LogP contribution in [0.15, 0.2) is 23.0 Å². The molecule has 3 heterocycles. The van der Waals surface area contributed by atoms with Crippen LogP contribution in [0, 0.1) is 11.8 Å². The zero-order chi connectivity index (χ0) is 19.2. The molecule has 0 aliphatic carbocycles. The predicted octanol–water partition coefficient (Wildman–Crippen LogP) is 1.60. The van der Waals surface area contributed by atoms with Crippen LogP contribution >= 0.6 is 0 Å². The molecule has 3 rings (SSSR count). The second-order valence-corrected chi connectivity index (χ2v) is 7.78. The molecule has 2 aliphatic heterocycles. The molecule has 2 amide bonds. The fourth-order valence-corrected chi connectivity index (χ4v) is 3.96. The number of rotatable bonds is 6. The minimum Gasteiger partial charge on any atom is -0.472 e. The first-order chi connectivity index (χ1) is 13.1. The van der Waals surface area contributed by atoms with Crippen LogP contribution in [0.1, 0.15) is 37.0 Å². The average Bonchev–Trinajstić information content (AvgIpc) is 3.23. The van der Waals surface area contributed by atoms with Gasteiger partial charge in [0, 0.05) is 44.7 Å². The smallest absolute Gasteiger partial charge is 0.257 e. The predicted molar refractivity (Wildman–Crippen MR) is 101 cm³/mol. The van der Waals surface area contributed by atoms with E-state index in [2.05, 4.69) is 24.1 Å². The van der Waals surface area contributed by atoms with E-state index in [1.807, 2.05) is 0 Å². The Morgan fingerprint density at radius 3 is 2.48 bits per heavy atom. The molecule has 1 unspecified atom stereocenters. The summed E-state index contributed by atoms with van der Waals surface area (Å²) in [7, 11) is 0. The van der Waals surface area contributed by atoms with E-state index in [-0.39, 0.29) is 17.7 Å². The topological polar surface area (TPSA) is 75.0 Å². The minimum atomic E-state index is -0.0187. The number of morpholine rings is 1. The maximum Gasteiger partial charge on any atom is 0.257 e. The summed E-state index contributed by atoms with van der Waals surface area (Å²) in [6, 6.07) is 2.01. The number of ether oxygens (including phenoxy) is 1. The molecule has 1 aromatic rings. The van der Waals surface area contributed by atoms with E-state index in [9.17, 15) is 9.59 Å². The number of carbonyl (C=O) groups is 2. The third-order valence-electron chi connectivity index (χ3n) is 5.69. The molecule has 27 heavy (non-hydrogen) atoms. The molecule has 2 fully saturated rings. The number of nitrogens with one attached hydrogen (secondary N) is 1. The van der Waals surface area contributed by atoms with E-state index in [0.717, 1.165) is 26.3 Å². The first-order valence-corrected chi connectivity index (χ1v) is 9.97. The number of furan rings is 1. The van der Waals surface area contributed by atoms with Gasteiger partial charge in [-0.25, -0.2) is 0 Å². The van der Waals surface area contributed by atoms with Gasteiger partial charge in [-0.2, -0.15) is 0 Å². The van der Waals surface area contributed by atoms with E-state index in [1.54, 1.807) is 11.0 Å². The first kappa shape index (κ1) is 19.9. The van der Waals surface area contributed by atoms with E-state index in [4.69, 9.17) is 9.15 Å². The number of piperidine rings is 1. The summed E-state index contributed by atoms with van der Waals surface area (Å²) in [4.78, 5) is 29.2. The largest absolute Gasteiger partial charge is 0.472 e. The first-order valence-electron chi connectivity index (χ1n) is 9.97. The van der Waals surface area contributed by atoms with E-state index < -0.39 is 0 Å². The Morgan fingerprint density at radius 1 is 1.19 bits per heavy atom. The van der Waals surface area contributed by atoms with Crippen molar-refractivity contribution < 1.29 is 18.7 Å². The average molecular weight is 377 g/mol. The highest BCUT2D eigenvalue weighted by Crippen LogP contribution is 2.20. The Morgan fingerprint density at radius 2 is 1.89 bits per heavy atom. The zero-order valence-electron chi connectivity index (χ0n) is 16.4. The van der Waals surface area contributed by atoms with Crippen molar-refractivity contribution in [1.82, 2.24) is 15.1 Å². The van der Waals surface area contributed by atoms with E-state index in [1.165, 1.54) is 12.5 Å². The molecule has 1 atom stereocenters. The lowest BCUT2D eigenvalue weighted by Gasteiger charge is -2.37. The highest BCUT2D eigenvalue weighted by Gasteiger charge is 2.30. The van der Waals surface area contributed by atoms with Crippen LogP contribution in [0.5, 0.6) is 0 Å². The van der Waals surface area contributed by atoms with Gasteiger partial charge in [-0.3, -0.25) is 14.5 Å². The number of likely N-dealkylation sites (tertiary alicyclic amines) is 1. The van der Waals surface area contributed by atoms with Crippen molar-refractivity contribution in [3.63, 3.8) is 0 Å². The minimum absolute atomic E-state index is 0.0177. The fraction of sp³-hybridized carbons (Fsp3) is 0.700. The quantitative estimate of drug-likeness (QED) is 0.815. The molecule has 1 aromatic heterocycles. The summed E-state index contributed by atoms with van der Waals surface area (Å²) in [6.45, 7) is 9.67. The monoisotopic (exact) mass is 377 g/mol. The normalized spacial score (nSPS) is 20.6. The summed E-state index contributed by atoms with van der Waals surface area (Å²) in [5.74, 6) is 0.549. The lowest BCUT2D eigenvalue weighted by molar-refractivity contribution is -0.126. The number of nitrogens with zero attached hydrogens (tertiary/aromatic N) is 2. The van der Waals surface area contributed by atoms with Crippen LogP contribution < -0.4 is 5.32 Å². The van der Waals surface area contributed by atoms with Gasteiger partial charge in [-0.15, -0.1) is 0 Å². The lowest BCUT2D eigenvalue weighted by atomic mass is 9.95. The van der Waals surface area contributed by atoms with Gasteiger partial charge in [0.05, 0.1) is 25.0 Å². The third-order valence-corrected chi connectivity index (χ3v) is 5.69. The molecular weight excluding hydrogens is 346 g/mol. The number of amides is 2. The van der Waals surface area contributed by atoms with Crippen molar-refractivity contribution in [3.8, 4) is 0 Å². The van der Waals surface area contributed by atoms with Crippen molar-refractivity contribution >= 4 is 11.8 Å². The highest BCUT2D eigenvalue weighted by molar-refractivity contribution is 5.94.